The lowest BCUT2D eigenvalue weighted by molar-refractivity contribution is -0.122. The second kappa shape index (κ2) is 13.7. The second-order valence-corrected chi connectivity index (χ2v) is 12.3. The van der Waals surface area contributed by atoms with Crippen LogP contribution in [-0.4, -0.2) is 107 Å². The summed E-state index contributed by atoms with van der Waals surface area (Å²) in [5.74, 6) is 0.681. The Morgan fingerprint density at radius 2 is 1.91 bits per heavy atom. The van der Waals surface area contributed by atoms with Crippen molar-refractivity contribution >= 4 is 35.2 Å². The highest BCUT2D eigenvalue weighted by atomic mass is 35.5. The molecule has 2 atom stereocenters. The van der Waals surface area contributed by atoms with Crippen LogP contribution >= 0.6 is 11.6 Å². The van der Waals surface area contributed by atoms with Crippen molar-refractivity contribution in [2.45, 2.75) is 38.0 Å². The number of pyridine rings is 1. The standard InChI is InChI=1S/C32H39ClN8O4/c1-20-23-7-6-21(30-25(33)17-35-32(38-30)36-22-8-14-45-15-9-22)16-24(23)31(44)41(20)19-29(43)34-18-27(42)26-4-3-5-28(37-26)40-12-10-39(2)11-13-40/h3-7,16-17,20,22,27,42H,8-15,18-19H2,1-2H3,(H,34,43)(H,35,36,38)/t20-,27?/m1/s1. The number of hydrogen-bond donors (Lipinski definition) is 3. The molecule has 13 heteroatoms. The quantitative estimate of drug-likeness (QED) is 0.322. The van der Waals surface area contributed by atoms with E-state index in [-0.39, 0.29) is 37.0 Å². The minimum atomic E-state index is -0.976. The molecule has 0 aliphatic carbocycles. The molecule has 3 aromatic rings. The van der Waals surface area contributed by atoms with E-state index in [0.717, 1.165) is 50.4 Å². The third-order valence-electron chi connectivity index (χ3n) is 8.77. The number of benzene rings is 1. The largest absolute Gasteiger partial charge is 0.385 e. The van der Waals surface area contributed by atoms with E-state index in [1.807, 2.05) is 31.2 Å². The van der Waals surface area contributed by atoms with Crippen LogP contribution in [0.4, 0.5) is 11.8 Å². The van der Waals surface area contributed by atoms with E-state index >= 15 is 0 Å². The normalized spacial score (nSPS) is 19.8. The fourth-order valence-electron chi connectivity index (χ4n) is 5.99. The number of piperazine rings is 1. The second-order valence-electron chi connectivity index (χ2n) is 11.9. The van der Waals surface area contributed by atoms with Gasteiger partial charge in [0.2, 0.25) is 11.9 Å². The van der Waals surface area contributed by atoms with Gasteiger partial charge in [-0.2, -0.15) is 0 Å². The number of carbonyl (C=O) groups excluding carboxylic acids is 2. The van der Waals surface area contributed by atoms with Gasteiger partial charge in [0.15, 0.2) is 0 Å². The summed E-state index contributed by atoms with van der Waals surface area (Å²) < 4.78 is 5.43. The van der Waals surface area contributed by atoms with Crippen molar-refractivity contribution in [1.29, 1.82) is 0 Å². The van der Waals surface area contributed by atoms with Crippen molar-refractivity contribution in [3.05, 3.63) is 64.4 Å². The number of aromatic nitrogens is 3. The monoisotopic (exact) mass is 634 g/mol. The van der Waals surface area contributed by atoms with Crippen LogP contribution in [0.1, 0.15) is 53.5 Å². The van der Waals surface area contributed by atoms with Crippen LogP contribution in [0.15, 0.2) is 42.6 Å². The molecule has 0 radical (unpaired) electrons. The van der Waals surface area contributed by atoms with Crippen LogP contribution < -0.4 is 15.5 Å². The maximum atomic E-state index is 13.5. The molecule has 1 aromatic carbocycles. The smallest absolute Gasteiger partial charge is 0.255 e. The summed E-state index contributed by atoms with van der Waals surface area (Å²) in [6.07, 6.45) is 2.33. The first kappa shape index (κ1) is 31.2. The Morgan fingerprint density at radius 1 is 1.13 bits per heavy atom. The van der Waals surface area contributed by atoms with Crippen LogP contribution in [-0.2, 0) is 9.53 Å². The number of aliphatic hydroxyl groups is 1. The molecule has 238 valence electrons. The van der Waals surface area contributed by atoms with Gasteiger partial charge >= 0.3 is 0 Å². The topological polar surface area (TPSA) is 136 Å². The van der Waals surface area contributed by atoms with Crippen LogP contribution in [0, 0.1) is 0 Å². The van der Waals surface area contributed by atoms with E-state index in [1.165, 1.54) is 4.90 Å². The van der Waals surface area contributed by atoms with Gasteiger partial charge in [0.05, 0.1) is 28.6 Å². The van der Waals surface area contributed by atoms with E-state index in [1.54, 1.807) is 18.3 Å². The van der Waals surface area contributed by atoms with Gasteiger partial charge in [0.1, 0.15) is 18.5 Å². The van der Waals surface area contributed by atoms with Crippen molar-refractivity contribution in [2.75, 3.05) is 69.7 Å². The van der Waals surface area contributed by atoms with Gasteiger partial charge in [0, 0.05) is 63.1 Å². The van der Waals surface area contributed by atoms with Crippen molar-refractivity contribution < 1.29 is 19.4 Å². The molecule has 45 heavy (non-hydrogen) atoms. The van der Waals surface area contributed by atoms with Gasteiger partial charge < -0.3 is 35.2 Å². The Labute approximate surface area is 267 Å². The summed E-state index contributed by atoms with van der Waals surface area (Å²) in [5.41, 5.74) is 3.04. The zero-order valence-corrected chi connectivity index (χ0v) is 26.3. The van der Waals surface area contributed by atoms with E-state index < -0.39 is 6.10 Å². The fourth-order valence-corrected chi connectivity index (χ4v) is 6.19. The van der Waals surface area contributed by atoms with Gasteiger partial charge in [-0.05, 0) is 50.6 Å². The zero-order chi connectivity index (χ0) is 31.5. The molecule has 0 bridgehead atoms. The SMILES string of the molecule is C[C@@H]1c2ccc(-c3nc(NC4CCOCC4)ncc3Cl)cc2C(=O)N1CC(=O)NCC(O)c1cccc(N2CCN(C)CC2)n1. The number of carbonyl (C=O) groups is 2. The molecule has 12 nitrogen and oxygen atoms in total. The number of fused-ring (bicyclic) bond motifs is 1. The first-order chi connectivity index (χ1) is 21.8. The highest BCUT2D eigenvalue weighted by Crippen LogP contribution is 2.37. The number of nitrogens with one attached hydrogen (secondary N) is 2. The Bertz CT molecular complexity index is 1540. The van der Waals surface area contributed by atoms with Gasteiger partial charge in [-0.3, -0.25) is 9.59 Å². The summed E-state index contributed by atoms with van der Waals surface area (Å²) in [6.45, 7) is 6.77. The van der Waals surface area contributed by atoms with E-state index in [0.29, 0.717) is 46.7 Å². The van der Waals surface area contributed by atoms with Crippen LogP contribution in [0.5, 0.6) is 0 Å². The maximum Gasteiger partial charge on any atom is 0.255 e. The average Bonchev–Trinajstić information content (AvgIpc) is 3.29. The molecule has 5 heterocycles. The molecular formula is C32H39ClN8O4. The van der Waals surface area contributed by atoms with Crippen LogP contribution in [0.2, 0.25) is 5.02 Å². The lowest BCUT2D eigenvalue weighted by Crippen LogP contribution is -2.45. The number of hydrogen-bond acceptors (Lipinski definition) is 10. The number of anilines is 2. The first-order valence-corrected chi connectivity index (χ1v) is 15.8. The molecular weight excluding hydrogens is 596 g/mol. The summed E-state index contributed by atoms with van der Waals surface area (Å²) in [6, 6.07) is 11.0. The van der Waals surface area contributed by atoms with Gasteiger partial charge in [-0.15, -0.1) is 0 Å². The zero-order valence-electron chi connectivity index (χ0n) is 25.6. The minimum absolute atomic E-state index is 0.0119. The number of likely N-dealkylation sites (N-methyl/N-ethyl adjacent to an activating group) is 1. The van der Waals surface area contributed by atoms with Crippen molar-refractivity contribution in [3.8, 4) is 11.3 Å². The van der Waals surface area contributed by atoms with Crippen molar-refractivity contribution in [2.24, 2.45) is 0 Å². The number of rotatable bonds is 9. The Hall–Kier alpha value is -3.84. The lowest BCUT2D eigenvalue weighted by atomic mass is 10.0. The Kier molecular flexibility index (Phi) is 9.45. The molecule has 3 aliphatic rings. The highest BCUT2D eigenvalue weighted by Gasteiger charge is 2.35. The molecule has 2 saturated heterocycles. The van der Waals surface area contributed by atoms with Gasteiger partial charge in [-0.1, -0.05) is 29.8 Å². The summed E-state index contributed by atoms with van der Waals surface area (Å²) >= 11 is 6.49. The van der Waals surface area contributed by atoms with Crippen molar-refractivity contribution in [1.82, 2.24) is 30.1 Å². The molecule has 2 amide bonds. The third kappa shape index (κ3) is 7.04. The lowest BCUT2D eigenvalue weighted by Gasteiger charge is -2.33. The van der Waals surface area contributed by atoms with Gasteiger partial charge in [0.25, 0.3) is 5.91 Å². The molecule has 3 aliphatic heterocycles. The minimum Gasteiger partial charge on any atom is -0.385 e. The van der Waals surface area contributed by atoms with Gasteiger partial charge in [-0.25, -0.2) is 15.0 Å². The molecule has 1 unspecified atom stereocenters. The predicted molar refractivity (Wildman–Crippen MR) is 171 cm³/mol. The maximum absolute atomic E-state index is 13.5. The fraction of sp³-hybridized carbons (Fsp3) is 0.469. The molecule has 0 spiro atoms. The first-order valence-electron chi connectivity index (χ1n) is 15.4. The molecule has 0 saturated carbocycles. The average molecular weight is 635 g/mol. The molecule has 2 fully saturated rings. The third-order valence-corrected chi connectivity index (χ3v) is 9.04. The summed E-state index contributed by atoms with van der Waals surface area (Å²) in [4.78, 5) is 46.1. The van der Waals surface area contributed by atoms with Crippen molar-refractivity contribution in [3.63, 3.8) is 0 Å². The molecule has 6 rings (SSSR count). The van der Waals surface area contributed by atoms with E-state index in [9.17, 15) is 14.7 Å². The highest BCUT2D eigenvalue weighted by molar-refractivity contribution is 6.33. The number of ether oxygens (including phenoxy) is 1. The Morgan fingerprint density at radius 3 is 2.69 bits per heavy atom. The Balaban J connectivity index is 1.08. The van der Waals surface area contributed by atoms with Crippen LogP contribution in [0.3, 0.4) is 0 Å². The van der Waals surface area contributed by atoms with E-state index in [4.69, 9.17) is 16.3 Å². The number of halogens is 1. The number of nitrogens with zero attached hydrogens (tertiary/aromatic N) is 6. The molecule has 3 N–H and O–H groups in total. The number of aliphatic hydroxyl groups excluding tert-OH is 1. The predicted octanol–water partition coefficient (Wildman–Crippen LogP) is 2.90. The van der Waals surface area contributed by atoms with Crippen LogP contribution in [0.25, 0.3) is 11.3 Å². The molecule has 2 aromatic heterocycles. The van der Waals surface area contributed by atoms with E-state index in [2.05, 4.69) is 42.4 Å². The summed E-state index contributed by atoms with van der Waals surface area (Å²) in [5, 5.41) is 17.3. The number of amides is 2. The summed E-state index contributed by atoms with van der Waals surface area (Å²) in [7, 11) is 2.10.